The zero-order chi connectivity index (χ0) is 42.5. The van der Waals surface area contributed by atoms with Crippen molar-refractivity contribution in [1.29, 1.82) is 0 Å². The van der Waals surface area contributed by atoms with Crippen LogP contribution in [0.1, 0.15) is 90.5 Å². The number of anilines is 1. The lowest BCUT2D eigenvalue weighted by molar-refractivity contribution is -0.174. The van der Waals surface area contributed by atoms with Crippen LogP contribution in [0.3, 0.4) is 0 Å². The molecule has 1 saturated heterocycles. The normalized spacial score (nSPS) is 34.2. The van der Waals surface area contributed by atoms with E-state index >= 15 is 0 Å². The van der Waals surface area contributed by atoms with E-state index in [9.17, 15) is 44.7 Å². The van der Waals surface area contributed by atoms with Crippen molar-refractivity contribution in [2.45, 2.75) is 110 Å². The summed E-state index contributed by atoms with van der Waals surface area (Å²) >= 11 is 0. The first-order valence-electron chi connectivity index (χ1n) is 22.3. The van der Waals surface area contributed by atoms with Crippen LogP contribution in [0.15, 0.2) is 24.3 Å². The number of aliphatic carboxylic acids is 3. The molecule has 0 spiro atoms. The average Bonchev–Trinajstić information content (AvgIpc) is 3.56. The zero-order valence-corrected chi connectivity index (χ0v) is 35.6. The minimum atomic E-state index is -0.974. The zero-order valence-electron chi connectivity index (χ0n) is 35.6. The number of carboxylic acid groups (broad SMARTS) is 3. The lowest BCUT2D eigenvalue weighted by Gasteiger charge is -2.62. The standard InChI is InChI=1S/C45H71N5O9/c1-29(35-9-10-36-43-37(13-15-45(35,36)3)44(2)14-12-34(51)23-31(44)24-38(43)52)4-11-39(53)47-32-7-5-30(6-8-32)22-33(46-25-40(54)55)26-48-16-18-49(27-41(56)57)20-21-50(19-17-48)28-42(58)59/h5-8,29,31,33-38,43,46,51-52H,4,9-28H2,1-3H3,(H,47,53)(H,54,55)(H,56,57)(H,58,59)/t29-,31+,33?,34-,35-,36+,37+,38-,43+,44+,45-/m1/s1. The molecular formula is C45H71N5O9. The molecule has 5 fully saturated rings. The first-order valence-corrected chi connectivity index (χ1v) is 22.3. The predicted octanol–water partition coefficient (Wildman–Crippen LogP) is 3.71. The molecule has 1 amide bonds. The molecule has 330 valence electrons. The van der Waals surface area contributed by atoms with E-state index in [2.05, 4.69) is 36.3 Å². The maximum Gasteiger partial charge on any atom is 0.317 e. The highest BCUT2D eigenvalue weighted by molar-refractivity contribution is 5.90. The smallest absolute Gasteiger partial charge is 0.317 e. The first-order chi connectivity index (χ1) is 28.0. The molecule has 11 atom stereocenters. The summed E-state index contributed by atoms with van der Waals surface area (Å²) < 4.78 is 0. The number of nitrogens with one attached hydrogen (secondary N) is 2. The second-order valence-electron chi connectivity index (χ2n) is 19.5. The second-order valence-corrected chi connectivity index (χ2v) is 19.5. The fraction of sp³-hybridized carbons (Fsp3) is 0.778. The number of aliphatic hydroxyl groups excluding tert-OH is 2. The Morgan fingerprint density at radius 1 is 0.763 bits per heavy atom. The number of hydrogen-bond donors (Lipinski definition) is 7. The second kappa shape index (κ2) is 19.7. The number of hydrogen-bond acceptors (Lipinski definition) is 10. The summed E-state index contributed by atoms with van der Waals surface area (Å²) in [5.41, 5.74) is 2.04. The van der Waals surface area contributed by atoms with Gasteiger partial charge in [-0.1, -0.05) is 32.9 Å². The fourth-order valence-corrected chi connectivity index (χ4v) is 12.8. The quantitative estimate of drug-likeness (QED) is 0.127. The van der Waals surface area contributed by atoms with Gasteiger partial charge in [-0.15, -0.1) is 0 Å². The number of amides is 1. The van der Waals surface area contributed by atoms with Gasteiger partial charge in [-0.3, -0.25) is 33.9 Å². The molecule has 4 aliphatic carbocycles. The topological polar surface area (TPSA) is 203 Å². The van der Waals surface area contributed by atoms with E-state index in [0.717, 1.165) is 56.9 Å². The van der Waals surface area contributed by atoms with Crippen LogP contribution < -0.4 is 10.6 Å². The Kier molecular flexibility index (Phi) is 15.2. The third-order valence-corrected chi connectivity index (χ3v) is 15.9. The minimum Gasteiger partial charge on any atom is -0.480 e. The van der Waals surface area contributed by atoms with E-state index in [0.29, 0.717) is 99.8 Å². The summed E-state index contributed by atoms with van der Waals surface area (Å²) in [6.45, 7) is 10.2. The molecule has 59 heavy (non-hydrogen) atoms. The van der Waals surface area contributed by atoms with Gasteiger partial charge in [0.15, 0.2) is 0 Å². The van der Waals surface area contributed by atoms with Crippen molar-refractivity contribution >= 4 is 29.5 Å². The van der Waals surface area contributed by atoms with Gasteiger partial charge in [0, 0.05) is 64.0 Å². The first kappa shape index (κ1) is 45.4. The Labute approximate surface area is 350 Å². The number of carboxylic acids is 3. The van der Waals surface area contributed by atoms with Gasteiger partial charge in [-0.05, 0) is 128 Å². The molecule has 1 unspecified atom stereocenters. The van der Waals surface area contributed by atoms with Crippen LogP contribution in [0.5, 0.6) is 0 Å². The summed E-state index contributed by atoms with van der Waals surface area (Å²) in [4.78, 5) is 53.6. The highest BCUT2D eigenvalue weighted by atomic mass is 16.4. The Morgan fingerprint density at radius 3 is 1.97 bits per heavy atom. The van der Waals surface area contributed by atoms with Crippen molar-refractivity contribution in [1.82, 2.24) is 20.0 Å². The number of rotatable bonds is 16. The van der Waals surface area contributed by atoms with Crippen molar-refractivity contribution < 1.29 is 44.7 Å². The number of carbonyl (C=O) groups is 4. The lowest BCUT2D eigenvalue weighted by Crippen LogP contribution is -2.58. The number of aliphatic hydroxyl groups is 2. The van der Waals surface area contributed by atoms with Gasteiger partial charge >= 0.3 is 17.9 Å². The molecule has 7 N–H and O–H groups in total. The molecule has 0 radical (unpaired) electrons. The van der Waals surface area contributed by atoms with Crippen LogP contribution in [0.2, 0.25) is 0 Å². The molecule has 0 aromatic heterocycles. The summed E-state index contributed by atoms with van der Waals surface area (Å²) in [5.74, 6) is -0.221. The monoisotopic (exact) mass is 826 g/mol. The molecule has 6 rings (SSSR count). The molecule has 1 aliphatic heterocycles. The van der Waals surface area contributed by atoms with Crippen LogP contribution >= 0.6 is 0 Å². The molecule has 1 heterocycles. The van der Waals surface area contributed by atoms with E-state index in [1.807, 2.05) is 24.3 Å². The van der Waals surface area contributed by atoms with Gasteiger partial charge in [0.1, 0.15) is 0 Å². The minimum absolute atomic E-state index is 0.0166. The van der Waals surface area contributed by atoms with E-state index in [1.54, 1.807) is 9.80 Å². The van der Waals surface area contributed by atoms with Crippen LogP contribution in [0.25, 0.3) is 0 Å². The summed E-state index contributed by atoms with van der Waals surface area (Å²) in [7, 11) is 0. The molecule has 1 aromatic rings. The van der Waals surface area contributed by atoms with Crippen molar-refractivity contribution in [3.8, 4) is 0 Å². The van der Waals surface area contributed by atoms with Crippen LogP contribution in [-0.2, 0) is 25.6 Å². The SMILES string of the molecule is C[C@H](CCC(=O)Nc1ccc(CC(CN2CCN(CC(=O)O)CCN(CC(=O)O)CC2)NCC(=O)O)cc1)[C@H]1CC[C@H]2[C@@H]3[C@H](O)C[C@@H]4C[C@H](O)CC[C@]4(C)[C@H]3CC[C@]12C. The number of carbonyl (C=O) groups excluding carboxylic acids is 1. The van der Waals surface area contributed by atoms with Gasteiger partial charge < -0.3 is 36.2 Å². The van der Waals surface area contributed by atoms with Gasteiger partial charge in [-0.2, -0.15) is 0 Å². The van der Waals surface area contributed by atoms with Crippen molar-refractivity contribution in [2.24, 2.45) is 46.3 Å². The van der Waals surface area contributed by atoms with Gasteiger partial charge in [0.25, 0.3) is 0 Å². The molecule has 0 bridgehead atoms. The highest BCUT2D eigenvalue weighted by Crippen LogP contribution is 2.68. The molecule has 14 nitrogen and oxygen atoms in total. The highest BCUT2D eigenvalue weighted by Gasteiger charge is 2.62. The van der Waals surface area contributed by atoms with E-state index < -0.39 is 17.9 Å². The third kappa shape index (κ3) is 11.2. The molecule has 5 aliphatic rings. The maximum absolute atomic E-state index is 13.3. The van der Waals surface area contributed by atoms with Crippen molar-refractivity contribution in [3.05, 3.63) is 29.8 Å². The van der Waals surface area contributed by atoms with E-state index in [1.165, 1.54) is 6.42 Å². The fourth-order valence-electron chi connectivity index (χ4n) is 12.8. The molecular weight excluding hydrogens is 755 g/mol. The Hall–Kier alpha value is -3.14. The molecule has 4 saturated carbocycles. The number of benzene rings is 1. The Balaban J connectivity index is 1.01. The van der Waals surface area contributed by atoms with Crippen molar-refractivity contribution in [3.63, 3.8) is 0 Å². The Bertz CT molecular complexity index is 1590. The summed E-state index contributed by atoms with van der Waals surface area (Å²) in [6, 6.07) is 7.41. The Morgan fingerprint density at radius 2 is 1.36 bits per heavy atom. The van der Waals surface area contributed by atoms with Crippen LogP contribution in [0.4, 0.5) is 5.69 Å². The number of fused-ring (bicyclic) bond motifs is 5. The summed E-state index contributed by atoms with van der Waals surface area (Å²) in [5, 5.41) is 56.6. The van der Waals surface area contributed by atoms with Crippen molar-refractivity contribution in [2.75, 3.05) is 70.8 Å². The lowest BCUT2D eigenvalue weighted by atomic mass is 9.43. The van der Waals surface area contributed by atoms with E-state index in [4.69, 9.17) is 0 Å². The predicted molar refractivity (Wildman–Crippen MR) is 224 cm³/mol. The third-order valence-electron chi connectivity index (χ3n) is 15.9. The average molecular weight is 826 g/mol. The van der Waals surface area contributed by atoms with Gasteiger partial charge in [0.05, 0.1) is 31.8 Å². The van der Waals surface area contributed by atoms with E-state index in [-0.39, 0.29) is 54.6 Å². The van der Waals surface area contributed by atoms with Crippen LogP contribution in [-0.4, -0.2) is 148 Å². The number of nitrogens with zero attached hydrogens (tertiary/aromatic N) is 3. The van der Waals surface area contributed by atoms with Crippen LogP contribution in [0, 0.1) is 46.3 Å². The largest absolute Gasteiger partial charge is 0.480 e. The maximum atomic E-state index is 13.3. The molecule has 1 aromatic carbocycles. The van der Waals surface area contributed by atoms with Gasteiger partial charge in [-0.25, -0.2) is 0 Å². The van der Waals surface area contributed by atoms with Gasteiger partial charge in [0.2, 0.25) is 5.91 Å². The molecule has 14 heteroatoms. The summed E-state index contributed by atoms with van der Waals surface area (Å²) in [6.07, 6.45) is 9.43.